The molecule has 0 bridgehead atoms. The van der Waals surface area contributed by atoms with Crippen LogP contribution in [0.4, 0.5) is 0 Å². The molecular formula is C12H15BrO3. The van der Waals surface area contributed by atoms with Gasteiger partial charge in [-0.15, -0.1) is 0 Å². The number of rotatable bonds is 5. The lowest BCUT2D eigenvalue weighted by Crippen LogP contribution is -2.40. The van der Waals surface area contributed by atoms with Crippen LogP contribution >= 0.6 is 15.9 Å². The average Bonchev–Trinajstić information content (AvgIpc) is 2.22. The second-order valence-corrected chi connectivity index (χ2v) is 4.69. The van der Waals surface area contributed by atoms with Crippen molar-refractivity contribution in [3.8, 4) is 0 Å². The van der Waals surface area contributed by atoms with Gasteiger partial charge in [-0.05, 0) is 31.5 Å². The largest absolute Gasteiger partial charge is 0.479 e. The molecule has 16 heavy (non-hydrogen) atoms. The Labute approximate surface area is 104 Å². The Balaban J connectivity index is 2.83. The van der Waals surface area contributed by atoms with Crippen molar-refractivity contribution < 1.29 is 14.6 Å². The molecule has 0 spiro atoms. The maximum Gasteiger partial charge on any atom is 0.336 e. The van der Waals surface area contributed by atoms with Crippen molar-refractivity contribution in [3.63, 3.8) is 0 Å². The molecule has 1 atom stereocenters. The van der Waals surface area contributed by atoms with E-state index < -0.39 is 11.6 Å². The smallest absolute Gasteiger partial charge is 0.336 e. The lowest BCUT2D eigenvalue weighted by molar-refractivity contribution is -0.162. The van der Waals surface area contributed by atoms with E-state index in [2.05, 4.69) is 15.9 Å². The zero-order valence-electron chi connectivity index (χ0n) is 9.37. The van der Waals surface area contributed by atoms with Crippen LogP contribution in [0.1, 0.15) is 19.4 Å². The van der Waals surface area contributed by atoms with Crippen LogP contribution in [0.3, 0.4) is 0 Å². The zero-order chi connectivity index (χ0) is 12.2. The van der Waals surface area contributed by atoms with Crippen molar-refractivity contribution in [3.05, 3.63) is 34.3 Å². The number of hydrogen-bond acceptors (Lipinski definition) is 2. The fourth-order valence-corrected chi connectivity index (χ4v) is 1.76. The molecule has 1 aromatic rings. The lowest BCUT2D eigenvalue weighted by Gasteiger charge is -2.24. The van der Waals surface area contributed by atoms with Crippen LogP contribution in [-0.4, -0.2) is 23.3 Å². The summed E-state index contributed by atoms with van der Waals surface area (Å²) >= 11 is 3.34. The third kappa shape index (κ3) is 3.32. The van der Waals surface area contributed by atoms with E-state index in [-0.39, 0.29) is 0 Å². The number of aliphatic carboxylic acids is 1. The maximum atomic E-state index is 11.1. The SMILES string of the molecule is CCOC(C)(Cc1ccc(Br)cc1)C(=O)O. The van der Waals surface area contributed by atoms with Gasteiger partial charge in [0, 0.05) is 17.5 Å². The van der Waals surface area contributed by atoms with E-state index in [9.17, 15) is 4.79 Å². The molecule has 1 unspecified atom stereocenters. The van der Waals surface area contributed by atoms with E-state index in [1.54, 1.807) is 13.8 Å². The minimum absolute atomic E-state index is 0.365. The minimum atomic E-state index is -1.15. The maximum absolute atomic E-state index is 11.1. The zero-order valence-corrected chi connectivity index (χ0v) is 11.0. The molecule has 1 N–H and O–H groups in total. The predicted octanol–water partition coefficient (Wildman–Crippen LogP) is 2.87. The molecular weight excluding hydrogens is 272 g/mol. The Bertz CT molecular complexity index is 361. The van der Waals surface area contributed by atoms with Crippen molar-refractivity contribution in [1.29, 1.82) is 0 Å². The molecule has 0 aliphatic heterocycles. The summed E-state index contributed by atoms with van der Waals surface area (Å²) < 4.78 is 6.29. The molecule has 3 nitrogen and oxygen atoms in total. The lowest BCUT2D eigenvalue weighted by atomic mass is 9.96. The van der Waals surface area contributed by atoms with E-state index >= 15 is 0 Å². The topological polar surface area (TPSA) is 46.5 Å². The highest BCUT2D eigenvalue weighted by Gasteiger charge is 2.33. The van der Waals surface area contributed by atoms with E-state index in [4.69, 9.17) is 9.84 Å². The van der Waals surface area contributed by atoms with Crippen molar-refractivity contribution in [1.82, 2.24) is 0 Å². The van der Waals surface area contributed by atoms with E-state index in [0.717, 1.165) is 10.0 Å². The van der Waals surface area contributed by atoms with Gasteiger partial charge in [0.2, 0.25) is 0 Å². The van der Waals surface area contributed by atoms with Crippen LogP contribution < -0.4 is 0 Å². The number of ether oxygens (including phenoxy) is 1. The highest BCUT2D eigenvalue weighted by Crippen LogP contribution is 2.20. The first-order valence-electron chi connectivity index (χ1n) is 5.10. The van der Waals surface area contributed by atoms with Gasteiger partial charge in [0.15, 0.2) is 5.60 Å². The summed E-state index contributed by atoms with van der Waals surface area (Å²) in [6, 6.07) is 7.57. The molecule has 1 rings (SSSR count). The molecule has 1 aromatic carbocycles. The first-order valence-corrected chi connectivity index (χ1v) is 5.89. The molecule has 0 aromatic heterocycles. The van der Waals surface area contributed by atoms with Crippen molar-refractivity contribution in [2.75, 3.05) is 6.61 Å². The molecule has 0 saturated heterocycles. The number of carbonyl (C=O) groups is 1. The molecule has 4 heteroatoms. The molecule has 0 heterocycles. The minimum Gasteiger partial charge on any atom is -0.479 e. The van der Waals surface area contributed by atoms with Crippen LogP contribution in [0, 0.1) is 0 Å². The van der Waals surface area contributed by atoms with Crippen molar-refractivity contribution >= 4 is 21.9 Å². The van der Waals surface area contributed by atoms with Crippen LogP contribution in [-0.2, 0) is 16.0 Å². The summed E-state index contributed by atoms with van der Waals surface area (Å²) in [6.45, 7) is 3.78. The van der Waals surface area contributed by atoms with Crippen LogP contribution in [0.2, 0.25) is 0 Å². The summed E-state index contributed by atoms with van der Waals surface area (Å²) in [6.07, 6.45) is 0.365. The highest BCUT2D eigenvalue weighted by molar-refractivity contribution is 9.10. The first kappa shape index (κ1) is 13.2. The van der Waals surface area contributed by atoms with Gasteiger partial charge >= 0.3 is 5.97 Å². The Hall–Kier alpha value is -0.870. The van der Waals surface area contributed by atoms with Crippen molar-refractivity contribution in [2.24, 2.45) is 0 Å². The average molecular weight is 287 g/mol. The predicted molar refractivity (Wildman–Crippen MR) is 65.5 cm³/mol. The fraction of sp³-hybridized carbons (Fsp3) is 0.417. The number of carboxylic acid groups (broad SMARTS) is 1. The Kier molecular flexibility index (Phi) is 4.50. The van der Waals surface area contributed by atoms with Crippen LogP contribution in [0.5, 0.6) is 0 Å². The standard InChI is InChI=1S/C12H15BrO3/c1-3-16-12(2,11(14)15)8-9-4-6-10(13)7-5-9/h4-7H,3,8H2,1-2H3,(H,14,15). The fourth-order valence-electron chi connectivity index (χ4n) is 1.50. The van der Waals surface area contributed by atoms with Gasteiger partial charge < -0.3 is 9.84 Å². The summed E-state index contributed by atoms with van der Waals surface area (Å²) in [7, 11) is 0. The summed E-state index contributed by atoms with van der Waals surface area (Å²) in [5.74, 6) is -0.933. The molecule has 0 saturated carbocycles. The highest BCUT2D eigenvalue weighted by atomic mass is 79.9. The van der Waals surface area contributed by atoms with Crippen LogP contribution in [0.25, 0.3) is 0 Å². The van der Waals surface area contributed by atoms with E-state index in [1.807, 2.05) is 24.3 Å². The molecule has 0 fully saturated rings. The number of benzene rings is 1. The number of hydrogen-bond donors (Lipinski definition) is 1. The Morgan fingerprint density at radius 1 is 1.44 bits per heavy atom. The number of halogens is 1. The monoisotopic (exact) mass is 286 g/mol. The quantitative estimate of drug-likeness (QED) is 0.905. The van der Waals surface area contributed by atoms with Gasteiger partial charge in [-0.25, -0.2) is 4.79 Å². The first-order chi connectivity index (χ1) is 7.48. The van der Waals surface area contributed by atoms with Gasteiger partial charge in [-0.1, -0.05) is 28.1 Å². The van der Waals surface area contributed by atoms with Crippen molar-refractivity contribution in [2.45, 2.75) is 25.9 Å². The Morgan fingerprint density at radius 2 is 2.00 bits per heavy atom. The third-order valence-electron chi connectivity index (χ3n) is 2.37. The molecule has 0 aliphatic carbocycles. The molecule has 0 radical (unpaired) electrons. The van der Waals surface area contributed by atoms with E-state index in [1.165, 1.54) is 0 Å². The summed E-state index contributed by atoms with van der Waals surface area (Å²) in [5.41, 5.74) is -0.204. The van der Waals surface area contributed by atoms with E-state index in [0.29, 0.717) is 13.0 Å². The molecule has 88 valence electrons. The van der Waals surface area contributed by atoms with Gasteiger partial charge in [0.05, 0.1) is 0 Å². The second kappa shape index (κ2) is 5.46. The summed E-state index contributed by atoms with van der Waals surface area (Å²) in [5, 5.41) is 9.15. The number of carboxylic acids is 1. The normalized spacial score (nSPS) is 14.4. The van der Waals surface area contributed by atoms with Gasteiger partial charge in [-0.2, -0.15) is 0 Å². The third-order valence-corrected chi connectivity index (χ3v) is 2.90. The Morgan fingerprint density at radius 3 is 2.44 bits per heavy atom. The second-order valence-electron chi connectivity index (χ2n) is 3.77. The van der Waals surface area contributed by atoms with Crippen LogP contribution in [0.15, 0.2) is 28.7 Å². The molecule has 0 aliphatic rings. The van der Waals surface area contributed by atoms with Gasteiger partial charge in [0.1, 0.15) is 0 Å². The van der Waals surface area contributed by atoms with Gasteiger partial charge in [0.25, 0.3) is 0 Å². The summed E-state index contributed by atoms with van der Waals surface area (Å²) in [4.78, 5) is 11.1. The van der Waals surface area contributed by atoms with Gasteiger partial charge in [-0.3, -0.25) is 0 Å². The molecule has 0 amide bonds.